The zero-order valence-corrected chi connectivity index (χ0v) is 15.2. The fraction of sp³-hybridized carbons (Fsp3) is 0.615. The number of nitrogens with one attached hydrogen (secondary N) is 1. The summed E-state index contributed by atoms with van der Waals surface area (Å²) in [4.78, 5) is 3.30. The Bertz CT molecular complexity index is 579. The Morgan fingerprint density at radius 1 is 1.48 bits per heavy atom. The molecule has 6 nitrogen and oxygen atoms in total. The zero-order chi connectivity index (χ0) is 15.4. The number of aromatic nitrogens is 4. The lowest BCUT2D eigenvalue weighted by Crippen LogP contribution is -2.27. The summed E-state index contributed by atoms with van der Waals surface area (Å²) in [6, 6.07) is 0.0639. The van der Waals surface area contributed by atoms with Crippen LogP contribution in [0.4, 0.5) is 0 Å². The van der Waals surface area contributed by atoms with E-state index >= 15 is 0 Å². The Kier molecular flexibility index (Phi) is 5.86. The molecule has 0 spiro atoms. The molecule has 2 heterocycles. The van der Waals surface area contributed by atoms with Gasteiger partial charge in [0, 0.05) is 6.54 Å². The van der Waals surface area contributed by atoms with Gasteiger partial charge in [0.15, 0.2) is 0 Å². The maximum Gasteiger partial charge on any atom is 0.0888 e. The summed E-state index contributed by atoms with van der Waals surface area (Å²) in [5.41, 5.74) is 2.10. The summed E-state index contributed by atoms with van der Waals surface area (Å²) in [5, 5.41) is 12.2. The number of aryl methyl sites for hydroxylation is 1. The number of nitrogens with zero attached hydrogens (tertiary/aromatic N) is 5. The molecule has 0 amide bonds. The maximum atomic E-state index is 4.50. The molecule has 21 heavy (non-hydrogen) atoms. The lowest BCUT2D eigenvalue weighted by molar-refractivity contribution is 0.365. The maximum absolute atomic E-state index is 4.50. The minimum atomic E-state index is 0.0639. The van der Waals surface area contributed by atoms with E-state index in [0.29, 0.717) is 0 Å². The van der Waals surface area contributed by atoms with Crippen molar-refractivity contribution in [2.75, 3.05) is 27.2 Å². The largest absolute Gasteiger partial charge is 0.308 e. The van der Waals surface area contributed by atoms with Gasteiger partial charge in [-0.3, -0.25) is 4.68 Å². The van der Waals surface area contributed by atoms with Gasteiger partial charge in [-0.1, -0.05) is 11.4 Å². The van der Waals surface area contributed by atoms with Gasteiger partial charge in [-0.25, -0.2) is 0 Å². The van der Waals surface area contributed by atoms with E-state index in [4.69, 9.17) is 0 Å². The lowest BCUT2D eigenvalue weighted by atomic mass is 10.1. The van der Waals surface area contributed by atoms with Crippen LogP contribution >= 0.6 is 27.5 Å². The molecule has 2 aromatic heterocycles. The third-order valence-corrected chi connectivity index (χ3v) is 4.72. The van der Waals surface area contributed by atoms with Crippen molar-refractivity contribution < 1.29 is 0 Å². The van der Waals surface area contributed by atoms with Crippen LogP contribution in [-0.2, 0) is 6.54 Å². The summed E-state index contributed by atoms with van der Waals surface area (Å²) in [6.07, 6.45) is 1.86. The molecule has 0 aliphatic heterocycles. The molecule has 2 rings (SSSR count). The summed E-state index contributed by atoms with van der Waals surface area (Å²) < 4.78 is 7.13. The van der Waals surface area contributed by atoms with Crippen molar-refractivity contribution in [1.29, 1.82) is 0 Å². The van der Waals surface area contributed by atoms with Crippen molar-refractivity contribution in [2.45, 2.75) is 26.4 Å². The van der Waals surface area contributed by atoms with Gasteiger partial charge in [-0.2, -0.15) is 5.10 Å². The molecule has 2 aromatic rings. The summed E-state index contributed by atoms with van der Waals surface area (Å²) in [7, 11) is 4.13. The second-order valence-electron chi connectivity index (χ2n) is 5.12. The lowest BCUT2D eigenvalue weighted by Gasteiger charge is -2.20. The summed E-state index contributed by atoms with van der Waals surface area (Å²) in [6.45, 7) is 6.76. The first-order valence-corrected chi connectivity index (χ1v) is 8.49. The van der Waals surface area contributed by atoms with Gasteiger partial charge in [0.2, 0.25) is 0 Å². The SMILES string of the molecule is CCNC(c1snnc1C)c1c(Br)cnn1CCN(C)C. The number of rotatable bonds is 7. The predicted octanol–water partition coefficient (Wildman–Crippen LogP) is 2.07. The van der Waals surface area contributed by atoms with E-state index < -0.39 is 0 Å². The van der Waals surface area contributed by atoms with Crippen LogP contribution in [0.5, 0.6) is 0 Å². The number of hydrogen-bond donors (Lipinski definition) is 1. The molecule has 0 fully saturated rings. The molecule has 0 bridgehead atoms. The van der Waals surface area contributed by atoms with E-state index in [9.17, 15) is 0 Å². The zero-order valence-electron chi connectivity index (χ0n) is 12.8. The highest BCUT2D eigenvalue weighted by molar-refractivity contribution is 9.10. The van der Waals surface area contributed by atoms with Gasteiger partial charge in [0.25, 0.3) is 0 Å². The van der Waals surface area contributed by atoms with Crippen LogP contribution in [0.2, 0.25) is 0 Å². The molecular weight excluding hydrogens is 352 g/mol. The fourth-order valence-electron chi connectivity index (χ4n) is 2.15. The number of halogens is 1. The normalized spacial score (nSPS) is 13.0. The Hall–Kier alpha value is -0.830. The van der Waals surface area contributed by atoms with Crippen LogP contribution < -0.4 is 5.32 Å². The average Bonchev–Trinajstić information content (AvgIpc) is 3.00. The van der Waals surface area contributed by atoms with Crippen LogP contribution in [0.3, 0.4) is 0 Å². The fourth-order valence-corrected chi connectivity index (χ4v) is 3.40. The van der Waals surface area contributed by atoms with Crippen molar-refractivity contribution in [1.82, 2.24) is 29.6 Å². The van der Waals surface area contributed by atoms with E-state index in [1.165, 1.54) is 11.5 Å². The topological polar surface area (TPSA) is 58.9 Å². The summed E-state index contributed by atoms with van der Waals surface area (Å²) in [5.74, 6) is 0. The van der Waals surface area contributed by atoms with E-state index in [0.717, 1.165) is 40.4 Å². The highest BCUT2D eigenvalue weighted by Crippen LogP contribution is 2.31. The minimum Gasteiger partial charge on any atom is -0.308 e. The highest BCUT2D eigenvalue weighted by Gasteiger charge is 2.25. The number of hydrogen-bond acceptors (Lipinski definition) is 6. The third kappa shape index (κ3) is 3.88. The number of likely N-dealkylation sites (N-methyl/N-ethyl adjacent to an activating group) is 1. The van der Waals surface area contributed by atoms with E-state index in [1.54, 1.807) is 0 Å². The molecule has 1 unspecified atom stereocenters. The smallest absolute Gasteiger partial charge is 0.0888 e. The van der Waals surface area contributed by atoms with E-state index in [1.807, 2.05) is 13.1 Å². The average molecular weight is 373 g/mol. The monoisotopic (exact) mass is 372 g/mol. The van der Waals surface area contributed by atoms with Crippen molar-refractivity contribution >= 4 is 27.5 Å². The van der Waals surface area contributed by atoms with E-state index in [-0.39, 0.29) is 6.04 Å². The molecule has 1 N–H and O–H groups in total. The van der Waals surface area contributed by atoms with Gasteiger partial charge < -0.3 is 10.2 Å². The quantitative estimate of drug-likeness (QED) is 0.805. The van der Waals surface area contributed by atoms with Crippen LogP contribution in [0.25, 0.3) is 0 Å². The Labute approximate surface area is 137 Å². The molecule has 0 aromatic carbocycles. The molecule has 116 valence electrons. The van der Waals surface area contributed by atoms with Gasteiger partial charge in [-0.05, 0) is 55.0 Å². The molecule has 8 heteroatoms. The molecule has 0 aliphatic carbocycles. The third-order valence-electron chi connectivity index (χ3n) is 3.22. The van der Waals surface area contributed by atoms with Crippen LogP contribution in [-0.4, -0.2) is 51.5 Å². The second kappa shape index (κ2) is 7.44. The Balaban J connectivity index is 2.36. The Morgan fingerprint density at radius 3 is 2.81 bits per heavy atom. The molecular formula is C13H21BrN6S. The summed E-state index contributed by atoms with van der Waals surface area (Å²) >= 11 is 5.07. The van der Waals surface area contributed by atoms with Gasteiger partial charge in [0.1, 0.15) is 0 Å². The minimum absolute atomic E-state index is 0.0639. The van der Waals surface area contributed by atoms with E-state index in [2.05, 4.69) is 66.5 Å². The highest BCUT2D eigenvalue weighted by atomic mass is 79.9. The first kappa shape index (κ1) is 16.5. The predicted molar refractivity (Wildman–Crippen MR) is 88.6 cm³/mol. The van der Waals surface area contributed by atoms with Crippen molar-refractivity contribution in [2.24, 2.45) is 0 Å². The molecule has 0 saturated carbocycles. The Morgan fingerprint density at radius 2 is 2.24 bits per heavy atom. The first-order chi connectivity index (χ1) is 10.0. The molecule has 0 saturated heterocycles. The molecule has 1 atom stereocenters. The van der Waals surface area contributed by atoms with Crippen LogP contribution in [0.15, 0.2) is 10.7 Å². The van der Waals surface area contributed by atoms with Gasteiger partial charge in [0.05, 0.1) is 39.5 Å². The van der Waals surface area contributed by atoms with Gasteiger partial charge in [-0.15, -0.1) is 5.10 Å². The first-order valence-electron chi connectivity index (χ1n) is 6.92. The van der Waals surface area contributed by atoms with Crippen LogP contribution in [0.1, 0.15) is 29.2 Å². The van der Waals surface area contributed by atoms with Crippen molar-refractivity contribution in [3.63, 3.8) is 0 Å². The van der Waals surface area contributed by atoms with Gasteiger partial charge >= 0.3 is 0 Å². The molecule has 0 aliphatic rings. The second-order valence-corrected chi connectivity index (χ2v) is 6.76. The van der Waals surface area contributed by atoms with Crippen molar-refractivity contribution in [3.8, 4) is 0 Å². The molecule has 0 radical (unpaired) electrons. The standard InChI is InChI=1S/C13H21BrN6S/c1-5-15-11(13-9(2)17-18-21-13)12-10(14)8-16-20(12)7-6-19(3)4/h8,11,15H,5-7H2,1-4H3. The van der Waals surface area contributed by atoms with Crippen LogP contribution in [0, 0.1) is 6.92 Å². The van der Waals surface area contributed by atoms with Crippen molar-refractivity contribution in [3.05, 3.63) is 26.9 Å².